The molecule has 0 radical (unpaired) electrons. The van der Waals surface area contributed by atoms with E-state index in [9.17, 15) is 0 Å². The molecule has 0 aliphatic heterocycles. The van der Waals surface area contributed by atoms with E-state index in [-0.39, 0.29) is 6.04 Å². The lowest BCUT2D eigenvalue weighted by molar-refractivity contribution is 0.170. The molecule has 1 aromatic rings. The summed E-state index contributed by atoms with van der Waals surface area (Å²) in [5, 5.41) is 3.13. The first-order chi connectivity index (χ1) is 10.2. The lowest BCUT2D eigenvalue weighted by atomic mass is 10.2. The lowest BCUT2D eigenvalue weighted by Crippen LogP contribution is -2.39. The van der Waals surface area contributed by atoms with E-state index >= 15 is 0 Å². The number of hydrogen-bond donors (Lipinski definition) is 1. The van der Waals surface area contributed by atoms with Gasteiger partial charge in [0.15, 0.2) is 0 Å². The number of nitrogens with one attached hydrogen (secondary N) is 1. The Morgan fingerprint density at radius 1 is 1.33 bits per heavy atom. The van der Waals surface area contributed by atoms with Gasteiger partial charge < -0.3 is 19.7 Å². The van der Waals surface area contributed by atoms with E-state index in [2.05, 4.69) is 22.1 Å². The van der Waals surface area contributed by atoms with Crippen molar-refractivity contribution in [1.82, 2.24) is 9.97 Å². The molecule has 1 aliphatic carbocycles. The highest BCUT2D eigenvalue weighted by Crippen LogP contribution is 2.39. The van der Waals surface area contributed by atoms with Gasteiger partial charge in [-0.1, -0.05) is 0 Å². The zero-order chi connectivity index (χ0) is 15.2. The van der Waals surface area contributed by atoms with Gasteiger partial charge in [0, 0.05) is 39.8 Å². The molecule has 1 unspecified atom stereocenters. The summed E-state index contributed by atoms with van der Waals surface area (Å²) in [5.41, 5.74) is 0. The van der Waals surface area contributed by atoms with E-state index in [4.69, 9.17) is 14.5 Å². The van der Waals surface area contributed by atoms with E-state index < -0.39 is 0 Å². The highest BCUT2D eigenvalue weighted by atomic mass is 16.5. The number of nitrogens with zero attached hydrogens (tertiary/aromatic N) is 3. The van der Waals surface area contributed by atoms with Gasteiger partial charge in [0.05, 0.1) is 19.3 Å². The summed E-state index contributed by atoms with van der Waals surface area (Å²) in [6.45, 7) is 4.23. The minimum absolute atomic E-state index is 0.233. The molecule has 2 rings (SSSR count). The monoisotopic (exact) mass is 294 g/mol. The highest BCUT2D eigenvalue weighted by Gasteiger charge is 2.28. The van der Waals surface area contributed by atoms with E-state index in [0.29, 0.717) is 19.1 Å². The molecular formula is C15H26N4O2. The molecule has 1 atom stereocenters. The Balaban J connectivity index is 2.25. The molecule has 1 aromatic heterocycles. The Hall–Kier alpha value is -1.40. The van der Waals surface area contributed by atoms with Crippen molar-refractivity contribution in [2.24, 2.45) is 0 Å². The third kappa shape index (κ3) is 4.28. The molecule has 1 saturated carbocycles. The number of aromatic nitrogens is 2. The molecule has 1 N–H and O–H groups in total. The van der Waals surface area contributed by atoms with Gasteiger partial charge in [-0.3, -0.25) is 0 Å². The van der Waals surface area contributed by atoms with Gasteiger partial charge in [0.25, 0.3) is 0 Å². The molecular weight excluding hydrogens is 268 g/mol. The summed E-state index contributed by atoms with van der Waals surface area (Å²) in [4.78, 5) is 11.6. The first kappa shape index (κ1) is 16.0. The lowest BCUT2D eigenvalue weighted by Gasteiger charge is -2.30. The van der Waals surface area contributed by atoms with Crippen LogP contribution in [0.3, 0.4) is 0 Å². The standard InChI is InChI=1S/C15H26N4O2/c1-11(10-21-4)19(7-8-20-3)14-9-13(16-2)17-15(18-14)12-5-6-12/h9,11-12H,5-8,10H2,1-4H3,(H,16,17,18). The molecule has 6 nitrogen and oxygen atoms in total. The Labute approximate surface area is 126 Å². The molecule has 0 aromatic carbocycles. The molecule has 0 amide bonds. The average molecular weight is 294 g/mol. The third-order valence-electron chi connectivity index (χ3n) is 3.70. The van der Waals surface area contributed by atoms with E-state index in [1.54, 1.807) is 14.2 Å². The summed E-state index contributed by atoms with van der Waals surface area (Å²) < 4.78 is 10.5. The Bertz CT molecular complexity index is 451. The van der Waals surface area contributed by atoms with Crippen molar-refractivity contribution < 1.29 is 9.47 Å². The molecule has 1 heterocycles. The van der Waals surface area contributed by atoms with Crippen molar-refractivity contribution >= 4 is 11.6 Å². The van der Waals surface area contributed by atoms with Gasteiger partial charge >= 0.3 is 0 Å². The van der Waals surface area contributed by atoms with Crippen molar-refractivity contribution in [3.63, 3.8) is 0 Å². The number of ether oxygens (including phenoxy) is 2. The summed E-state index contributed by atoms with van der Waals surface area (Å²) in [6.07, 6.45) is 2.39. The number of methoxy groups -OCH3 is 2. The van der Waals surface area contributed by atoms with Crippen LogP contribution in [0.4, 0.5) is 11.6 Å². The van der Waals surface area contributed by atoms with E-state index in [1.807, 2.05) is 13.1 Å². The molecule has 0 saturated heterocycles. The van der Waals surface area contributed by atoms with Crippen LogP contribution in [0.2, 0.25) is 0 Å². The molecule has 1 aliphatic rings. The third-order valence-corrected chi connectivity index (χ3v) is 3.70. The van der Waals surface area contributed by atoms with Gasteiger partial charge in [-0.05, 0) is 19.8 Å². The minimum atomic E-state index is 0.233. The summed E-state index contributed by atoms with van der Waals surface area (Å²) in [7, 11) is 5.33. The average Bonchev–Trinajstić information content (AvgIpc) is 3.32. The van der Waals surface area contributed by atoms with Crippen molar-refractivity contribution in [2.45, 2.75) is 31.7 Å². The van der Waals surface area contributed by atoms with E-state index in [1.165, 1.54) is 12.8 Å². The maximum atomic E-state index is 5.29. The molecule has 118 valence electrons. The highest BCUT2D eigenvalue weighted by molar-refractivity contribution is 5.50. The molecule has 6 heteroatoms. The Morgan fingerprint density at radius 3 is 2.67 bits per heavy atom. The largest absolute Gasteiger partial charge is 0.383 e. The van der Waals surface area contributed by atoms with Crippen LogP contribution in [-0.2, 0) is 9.47 Å². The van der Waals surface area contributed by atoms with Crippen molar-refractivity contribution in [3.8, 4) is 0 Å². The topological polar surface area (TPSA) is 59.5 Å². The van der Waals surface area contributed by atoms with Crippen LogP contribution >= 0.6 is 0 Å². The predicted molar refractivity (Wildman–Crippen MR) is 84.1 cm³/mol. The van der Waals surface area contributed by atoms with Gasteiger partial charge in [0.1, 0.15) is 17.5 Å². The van der Waals surface area contributed by atoms with Crippen molar-refractivity contribution in [1.29, 1.82) is 0 Å². The van der Waals surface area contributed by atoms with Crippen LogP contribution in [0.15, 0.2) is 6.07 Å². The van der Waals surface area contributed by atoms with Gasteiger partial charge in [-0.15, -0.1) is 0 Å². The van der Waals surface area contributed by atoms with Crippen LogP contribution in [0.1, 0.15) is 31.5 Å². The Kier molecular flexibility index (Phi) is 5.76. The second kappa shape index (κ2) is 7.56. The second-order valence-electron chi connectivity index (χ2n) is 5.48. The van der Waals surface area contributed by atoms with Gasteiger partial charge in [-0.25, -0.2) is 9.97 Å². The SMILES string of the molecule is CNc1cc(N(CCOC)C(C)COC)nc(C2CC2)n1. The number of hydrogen-bond acceptors (Lipinski definition) is 6. The molecule has 0 bridgehead atoms. The van der Waals surface area contributed by atoms with Crippen LogP contribution in [-0.4, -0.2) is 57.0 Å². The predicted octanol–water partition coefficient (Wildman–Crippen LogP) is 1.88. The normalized spacial score (nSPS) is 15.8. The molecule has 1 fully saturated rings. The second-order valence-corrected chi connectivity index (χ2v) is 5.48. The molecule has 21 heavy (non-hydrogen) atoms. The quantitative estimate of drug-likeness (QED) is 0.750. The zero-order valence-corrected chi connectivity index (χ0v) is 13.4. The number of rotatable bonds is 9. The minimum Gasteiger partial charge on any atom is -0.383 e. The fourth-order valence-electron chi connectivity index (χ4n) is 2.33. The Morgan fingerprint density at radius 2 is 2.10 bits per heavy atom. The first-order valence-corrected chi connectivity index (χ1v) is 7.50. The van der Waals surface area contributed by atoms with E-state index in [0.717, 1.165) is 24.0 Å². The summed E-state index contributed by atoms with van der Waals surface area (Å²) >= 11 is 0. The van der Waals surface area contributed by atoms with Crippen LogP contribution in [0.5, 0.6) is 0 Å². The maximum Gasteiger partial charge on any atom is 0.136 e. The first-order valence-electron chi connectivity index (χ1n) is 7.50. The maximum absolute atomic E-state index is 5.29. The van der Waals surface area contributed by atoms with Crippen LogP contribution < -0.4 is 10.2 Å². The van der Waals surface area contributed by atoms with Crippen LogP contribution in [0, 0.1) is 0 Å². The fourth-order valence-corrected chi connectivity index (χ4v) is 2.33. The summed E-state index contributed by atoms with van der Waals surface area (Å²) in [6, 6.07) is 2.23. The van der Waals surface area contributed by atoms with Crippen molar-refractivity contribution in [3.05, 3.63) is 11.9 Å². The smallest absolute Gasteiger partial charge is 0.136 e. The van der Waals surface area contributed by atoms with Gasteiger partial charge in [-0.2, -0.15) is 0 Å². The number of anilines is 2. The molecule has 0 spiro atoms. The van der Waals surface area contributed by atoms with Crippen molar-refractivity contribution in [2.75, 3.05) is 51.2 Å². The zero-order valence-electron chi connectivity index (χ0n) is 13.4. The van der Waals surface area contributed by atoms with Crippen LogP contribution in [0.25, 0.3) is 0 Å². The summed E-state index contributed by atoms with van der Waals surface area (Å²) in [5.74, 6) is 3.29. The van der Waals surface area contributed by atoms with Gasteiger partial charge in [0.2, 0.25) is 0 Å². The fraction of sp³-hybridized carbons (Fsp3) is 0.733.